The van der Waals surface area contributed by atoms with E-state index in [4.69, 9.17) is 15.2 Å². The van der Waals surface area contributed by atoms with E-state index < -0.39 is 5.60 Å². The largest absolute Gasteiger partial charge is 0.493 e. The SMILES string of the molecule is COc1cc(CN)cc(Br)c1OCCC(C)(C)O. The van der Waals surface area contributed by atoms with Gasteiger partial charge in [-0.25, -0.2) is 0 Å². The Balaban J connectivity index is 2.81. The minimum atomic E-state index is -0.739. The van der Waals surface area contributed by atoms with Gasteiger partial charge >= 0.3 is 0 Å². The van der Waals surface area contributed by atoms with Gasteiger partial charge in [-0.1, -0.05) is 0 Å². The molecule has 0 unspecified atom stereocenters. The van der Waals surface area contributed by atoms with E-state index >= 15 is 0 Å². The summed E-state index contributed by atoms with van der Waals surface area (Å²) < 4.78 is 11.7. The summed E-state index contributed by atoms with van der Waals surface area (Å²) in [7, 11) is 1.59. The van der Waals surface area contributed by atoms with Gasteiger partial charge in [-0.05, 0) is 47.5 Å². The number of nitrogens with two attached hydrogens (primary N) is 1. The molecule has 102 valence electrons. The Morgan fingerprint density at radius 2 is 2.06 bits per heavy atom. The number of benzene rings is 1. The van der Waals surface area contributed by atoms with Crippen LogP contribution in [-0.2, 0) is 6.54 Å². The molecule has 0 atom stereocenters. The van der Waals surface area contributed by atoms with Gasteiger partial charge in [0.2, 0.25) is 0 Å². The maximum absolute atomic E-state index is 9.63. The first-order valence-electron chi connectivity index (χ1n) is 5.79. The van der Waals surface area contributed by atoms with Crippen LogP contribution in [0.3, 0.4) is 0 Å². The monoisotopic (exact) mass is 317 g/mol. The van der Waals surface area contributed by atoms with Gasteiger partial charge in [0.25, 0.3) is 0 Å². The molecule has 3 N–H and O–H groups in total. The first-order valence-corrected chi connectivity index (χ1v) is 6.58. The van der Waals surface area contributed by atoms with Crippen LogP contribution in [0.2, 0.25) is 0 Å². The Bertz CT molecular complexity index is 402. The maximum atomic E-state index is 9.63. The van der Waals surface area contributed by atoms with E-state index in [1.807, 2.05) is 12.1 Å². The molecule has 18 heavy (non-hydrogen) atoms. The number of hydrogen-bond acceptors (Lipinski definition) is 4. The quantitative estimate of drug-likeness (QED) is 0.846. The molecule has 0 aromatic heterocycles. The topological polar surface area (TPSA) is 64.7 Å². The van der Waals surface area contributed by atoms with E-state index in [1.54, 1.807) is 21.0 Å². The second-order valence-corrected chi connectivity index (χ2v) is 5.58. The Labute approximate surface area is 116 Å². The molecule has 1 rings (SSSR count). The Morgan fingerprint density at radius 3 is 2.56 bits per heavy atom. The lowest BCUT2D eigenvalue weighted by molar-refractivity contribution is 0.0548. The number of ether oxygens (including phenoxy) is 2. The van der Waals surface area contributed by atoms with Crippen LogP contribution in [0.1, 0.15) is 25.8 Å². The van der Waals surface area contributed by atoms with Crippen LogP contribution in [-0.4, -0.2) is 24.4 Å². The zero-order valence-corrected chi connectivity index (χ0v) is 12.6. The lowest BCUT2D eigenvalue weighted by atomic mass is 10.1. The van der Waals surface area contributed by atoms with E-state index in [9.17, 15) is 5.11 Å². The van der Waals surface area contributed by atoms with Crippen molar-refractivity contribution >= 4 is 15.9 Å². The molecule has 0 spiro atoms. The highest BCUT2D eigenvalue weighted by Crippen LogP contribution is 2.36. The summed E-state index contributed by atoms with van der Waals surface area (Å²) >= 11 is 3.44. The molecule has 0 amide bonds. The first-order chi connectivity index (χ1) is 8.37. The van der Waals surface area contributed by atoms with Crippen LogP contribution in [0, 0.1) is 0 Å². The fourth-order valence-corrected chi connectivity index (χ4v) is 2.04. The highest BCUT2D eigenvalue weighted by molar-refractivity contribution is 9.10. The summed E-state index contributed by atoms with van der Waals surface area (Å²) in [5.41, 5.74) is 5.83. The van der Waals surface area contributed by atoms with Gasteiger partial charge in [0.1, 0.15) is 0 Å². The Kier molecular flexibility index (Phi) is 5.44. The Hall–Kier alpha value is -0.780. The number of halogens is 1. The van der Waals surface area contributed by atoms with Crippen LogP contribution in [0.5, 0.6) is 11.5 Å². The molecule has 0 heterocycles. The Morgan fingerprint density at radius 1 is 1.39 bits per heavy atom. The smallest absolute Gasteiger partial charge is 0.175 e. The zero-order valence-electron chi connectivity index (χ0n) is 11.0. The van der Waals surface area contributed by atoms with E-state index in [0.29, 0.717) is 31.1 Å². The fraction of sp³-hybridized carbons (Fsp3) is 0.538. The van der Waals surface area contributed by atoms with Crippen LogP contribution in [0.4, 0.5) is 0 Å². The van der Waals surface area contributed by atoms with Gasteiger partial charge in [0, 0.05) is 13.0 Å². The van der Waals surface area contributed by atoms with Gasteiger partial charge in [0.05, 0.1) is 23.8 Å². The summed E-state index contributed by atoms with van der Waals surface area (Å²) in [6.07, 6.45) is 0.543. The van der Waals surface area contributed by atoms with Crippen LogP contribution in [0.15, 0.2) is 16.6 Å². The summed E-state index contributed by atoms with van der Waals surface area (Å²) in [5.74, 6) is 1.28. The summed E-state index contributed by atoms with van der Waals surface area (Å²) in [4.78, 5) is 0. The number of methoxy groups -OCH3 is 1. The fourth-order valence-electron chi connectivity index (χ4n) is 1.43. The van der Waals surface area contributed by atoms with E-state index in [-0.39, 0.29) is 0 Å². The van der Waals surface area contributed by atoms with Crippen LogP contribution >= 0.6 is 15.9 Å². The molecule has 0 fully saturated rings. The molecule has 0 bridgehead atoms. The van der Waals surface area contributed by atoms with E-state index in [0.717, 1.165) is 10.0 Å². The molecule has 4 nitrogen and oxygen atoms in total. The van der Waals surface area contributed by atoms with Crippen molar-refractivity contribution in [3.05, 3.63) is 22.2 Å². The summed E-state index contributed by atoms with van der Waals surface area (Å²) in [5, 5.41) is 9.63. The predicted octanol–water partition coefficient (Wildman–Crippen LogP) is 2.46. The summed E-state index contributed by atoms with van der Waals surface area (Å²) in [6, 6.07) is 3.76. The first kappa shape index (κ1) is 15.3. The van der Waals surface area contributed by atoms with Crippen molar-refractivity contribution < 1.29 is 14.6 Å². The molecule has 1 aromatic rings. The molecule has 0 aliphatic carbocycles. The lowest BCUT2D eigenvalue weighted by Gasteiger charge is -2.19. The second-order valence-electron chi connectivity index (χ2n) is 4.72. The van der Waals surface area contributed by atoms with Crippen molar-refractivity contribution in [2.75, 3.05) is 13.7 Å². The number of rotatable bonds is 6. The van der Waals surface area contributed by atoms with Gasteiger partial charge < -0.3 is 20.3 Å². The van der Waals surface area contributed by atoms with Crippen molar-refractivity contribution in [1.29, 1.82) is 0 Å². The van der Waals surface area contributed by atoms with Crippen LogP contribution < -0.4 is 15.2 Å². The lowest BCUT2D eigenvalue weighted by Crippen LogP contribution is -2.22. The molecule has 0 aliphatic rings. The highest BCUT2D eigenvalue weighted by Gasteiger charge is 2.15. The molecule has 5 heteroatoms. The average Bonchev–Trinajstić information content (AvgIpc) is 2.29. The van der Waals surface area contributed by atoms with Gasteiger partial charge in [-0.2, -0.15) is 0 Å². The van der Waals surface area contributed by atoms with Crippen LogP contribution in [0.25, 0.3) is 0 Å². The third kappa shape index (κ3) is 4.48. The maximum Gasteiger partial charge on any atom is 0.175 e. The molecule has 0 aliphatic heterocycles. The molecular formula is C13H20BrNO3. The third-order valence-electron chi connectivity index (χ3n) is 2.49. The van der Waals surface area contributed by atoms with Gasteiger partial charge in [-0.15, -0.1) is 0 Å². The average molecular weight is 318 g/mol. The van der Waals surface area contributed by atoms with Crippen molar-refractivity contribution in [3.8, 4) is 11.5 Å². The van der Waals surface area contributed by atoms with Gasteiger partial charge in [0.15, 0.2) is 11.5 Å². The minimum absolute atomic E-state index is 0.417. The third-order valence-corrected chi connectivity index (χ3v) is 3.07. The second kappa shape index (κ2) is 6.41. The highest BCUT2D eigenvalue weighted by atomic mass is 79.9. The molecule has 0 saturated heterocycles. The predicted molar refractivity (Wildman–Crippen MR) is 75.0 cm³/mol. The van der Waals surface area contributed by atoms with Crippen molar-refractivity contribution in [3.63, 3.8) is 0 Å². The van der Waals surface area contributed by atoms with E-state index in [1.165, 1.54) is 0 Å². The van der Waals surface area contributed by atoms with Crippen molar-refractivity contribution in [1.82, 2.24) is 0 Å². The normalized spacial score (nSPS) is 11.4. The standard InChI is InChI=1S/C13H20BrNO3/c1-13(2,16)4-5-18-12-10(14)6-9(8-15)7-11(12)17-3/h6-7,16H,4-5,8,15H2,1-3H3. The molecule has 1 aromatic carbocycles. The number of hydrogen-bond donors (Lipinski definition) is 2. The molecule has 0 radical (unpaired) electrons. The van der Waals surface area contributed by atoms with Gasteiger partial charge in [-0.3, -0.25) is 0 Å². The summed E-state index contributed by atoms with van der Waals surface area (Å²) in [6.45, 7) is 4.36. The van der Waals surface area contributed by atoms with Crippen molar-refractivity contribution in [2.45, 2.75) is 32.4 Å². The number of aliphatic hydroxyl groups is 1. The van der Waals surface area contributed by atoms with Crippen molar-refractivity contribution in [2.24, 2.45) is 5.73 Å². The van der Waals surface area contributed by atoms with E-state index in [2.05, 4.69) is 15.9 Å². The molecular weight excluding hydrogens is 298 g/mol. The zero-order chi connectivity index (χ0) is 13.8. The minimum Gasteiger partial charge on any atom is -0.493 e. The molecule has 0 saturated carbocycles.